The molecule has 0 aliphatic carbocycles. The Kier molecular flexibility index (Phi) is 4.65. The standard InChI is InChI=1S/C19H21NO3/c1-14(20(2)8-9-21)15-4-3-5-16(12-15)17-6-7-18-19(13-17)23-11-10-22-18/h3-7,10-14,21H,8-9H2,1-2H3. The number of benzene rings is 2. The number of ether oxygens (including phenoxy) is 2. The summed E-state index contributed by atoms with van der Waals surface area (Å²) in [5.74, 6) is 1.45. The Hall–Kier alpha value is -2.30. The van der Waals surface area contributed by atoms with E-state index in [-0.39, 0.29) is 12.6 Å². The van der Waals surface area contributed by atoms with E-state index in [1.165, 1.54) is 18.1 Å². The molecule has 1 heterocycles. The molecular weight excluding hydrogens is 290 g/mol. The summed E-state index contributed by atoms with van der Waals surface area (Å²) in [7, 11) is 2.02. The van der Waals surface area contributed by atoms with Crippen LogP contribution in [0.15, 0.2) is 55.0 Å². The number of rotatable bonds is 5. The van der Waals surface area contributed by atoms with Crippen LogP contribution in [0.4, 0.5) is 0 Å². The molecule has 0 spiro atoms. The Morgan fingerprint density at radius 2 is 1.74 bits per heavy atom. The van der Waals surface area contributed by atoms with Crippen molar-refractivity contribution < 1.29 is 14.6 Å². The van der Waals surface area contributed by atoms with E-state index in [2.05, 4.69) is 36.1 Å². The lowest BCUT2D eigenvalue weighted by Crippen LogP contribution is -2.25. The van der Waals surface area contributed by atoms with Gasteiger partial charge in [-0.25, -0.2) is 0 Å². The first kappa shape index (κ1) is 15.6. The molecule has 1 aliphatic heterocycles. The number of nitrogens with zero attached hydrogens (tertiary/aromatic N) is 1. The minimum atomic E-state index is 0.163. The fraction of sp³-hybridized carbons (Fsp3) is 0.263. The molecule has 2 aromatic rings. The van der Waals surface area contributed by atoms with Crippen molar-refractivity contribution in [3.05, 3.63) is 60.6 Å². The molecule has 0 fully saturated rings. The van der Waals surface area contributed by atoms with Gasteiger partial charge in [0.25, 0.3) is 0 Å². The average Bonchev–Trinajstić information content (AvgIpc) is 2.61. The number of fused-ring (bicyclic) bond motifs is 1. The molecular formula is C19H21NO3. The Labute approximate surface area is 136 Å². The number of aliphatic hydroxyl groups is 1. The molecule has 1 aliphatic rings. The van der Waals surface area contributed by atoms with Gasteiger partial charge in [0, 0.05) is 12.6 Å². The van der Waals surface area contributed by atoms with Gasteiger partial charge in [-0.3, -0.25) is 4.90 Å². The van der Waals surface area contributed by atoms with Crippen LogP contribution in [0, 0.1) is 0 Å². The van der Waals surface area contributed by atoms with Crippen molar-refractivity contribution >= 4 is 0 Å². The van der Waals surface area contributed by atoms with Gasteiger partial charge in [-0.05, 0) is 48.9 Å². The number of aliphatic hydroxyl groups excluding tert-OH is 1. The molecule has 2 aromatic carbocycles. The molecule has 1 N–H and O–H groups in total. The van der Waals surface area contributed by atoms with Gasteiger partial charge in [-0.15, -0.1) is 0 Å². The van der Waals surface area contributed by atoms with Crippen LogP contribution >= 0.6 is 0 Å². The van der Waals surface area contributed by atoms with Crippen LogP contribution < -0.4 is 9.47 Å². The number of hydrogen-bond donors (Lipinski definition) is 1. The van der Waals surface area contributed by atoms with Crippen molar-refractivity contribution in [2.24, 2.45) is 0 Å². The van der Waals surface area contributed by atoms with Crippen molar-refractivity contribution in [2.75, 3.05) is 20.2 Å². The highest BCUT2D eigenvalue weighted by atomic mass is 16.5. The summed E-state index contributed by atoms with van der Waals surface area (Å²) in [5, 5.41) is 9.10. The first-order valence-electron chi connectivity index (χ1n) is 7.73. The highest BCUT2D eigenvalue weighted by Crippen LogP contribution is 2.35. The highest BCUT2D eigenvalue weighted by Gasteiger charge is 2.13. The number of hydrogen-bond acceptors (Lipinski definition) is 4. The molecule has 0 saturated carbocycles. The Bertz CT molecular complexity index is 712. The Morgan fingerprint density at radius 1 is 1.00 bits per heavy atom. The van der Waals surface area contributed by atoms with Gasteiger partial charge in [-0.1, -0.05) is 24.3 Å². The SMILES string of the molecule is CC(c1cccc(-c2ccc3c(c2)OC=CO3)c1)N(C)CCO. The van der Waals surface area contributed by atoms with Gasteiger partial charge in [-0.2, -0.15) is 0 Å². The predicted molar refractivity (Wildman–Crippen MR) is 90.4 cm³/mol. The van der Waals surface area contributed by atoms with Crippen LogP contribution in [0.2, 0.25) is 0 Å². The van der Waals surface area contributed by atoms with Crippen LogP contribution in [-0.4, -0.2) is 30.2 Å². The number of likely N-dealkylation sites (N-methyl/N-ethyl adjacent to an activating group) is 1. The molecule has 3 rings (SSSR count). The molecule has 4 heteroatoms. The minimum absolute atomic E-state index is 0.163. The van der Waals surface area contributed by atoms with Gasteiger partial charge in [0.05, 0.1) is 6.61 Å². The monoisotopic (exact) mass is 311 g/mol. The second kappa shape index (κ2) is 6.86. The highest BCUT2D eigenvalue weighted by molar-refractivity contribution is 5.68. The molecule has 1 atom stereocenters. The molecule has 23 heavy (non-hydrogen) atoms. The molecule has 0 amide bonds. The van der Waals surface area contributed by atoms with Gasteiger partial charge in [0.2, 0.25) is 0 Å². The zero-order valence-corrected chi connectivity index (χ0v) is 13.4. The fourth-order valence-electron chi connectivity index (χ4n) is 2.66. The van der Waals surface area contributed by atoms with E-state index < -0.39 is 0 Å². The van der Waals surface area contributed by atoms with Gasteiger partial charge in [0.15, 0.2) is 11.5 Å². The van der Waals surface area contributed by atoms with Gasteiger partial charge >= 0.3 is 0 Å². The van der Waals surface area contributed by atoms with Crippen molar-refractivity contribution in [2.45, 2.75) is 13.0 Å². The van der Waals surface area contributed by atoms with Crippen molar-refractivity contribution in [1.29, 1.82) is 0 Å². The smallest absolute Gasteiger partial charge is 0.169 e. The predicted octanol–water partition coefficient (Wildman–Crippen LogP) is 3.58. The Morgan fingerprint density at radius 3 is 2.52 bits per heavy atom. The summed E-state index contributed by atoms with van der Waals surface area (Å²) >= 11 is 0. The second-order valence-electron chi connectivity index (χ2n) is 5.68. The lowest BCUT2D eigenvalue weighted by molar-refractivity contribution is 0.189. The lowest BCUT2D eigenvalue weighted by Gasteiger charge is -2.24. The third kappa shape index (κ3) is 3.38. The molecule has 1 unspecified atom stereocenters. The van der Waals surface area contributed by atoms with Gasteiger partial charge < -0.3 is 14.6 Å². The maximum absolute atomic E-state index is 9.10. The average molecular weight is 311 g/mol. The first-order valence-corrected chi connectivity index (χ1v) is 7.73. The third-order valence-electron chi connectivity index (χ3n) is 4.21. The minimum Gasteiger partial charge on any atom is -0.458 e. The van der Waals surface area contributed by atoms with Crippen LogP contribution in [0.1, 0.15) is 18.5 Å². The van der Waals surface area contributed by atoms with E-state index in [4.69, 9.17) is 14.6 Å². The van der Waals surface area contributed by atoms with Gasteiger partial charge in [0.1, 0.15) is 12.5 Å². The lowest BCUT2D eigenvalue weighted by atomic mass is 9.99. The summed E-state index contributed by atoms with van der Waals surface area (Å²) < 4.78 is 10.9. The zero-order chi connectivity index (χ0) is 16.2. The third-order valence-corrected chi connectivity index (χ3v) is 4.21. The van der Waals surface area contributed by atoms with Crippen LogP contribution in [-0.2, 0) is 0 Å². The maximum Gasteiger partial charge on any atom is 0.169 e. The van der Waals surface area contributed by atoms with Crippen LogP contribution in [0.25, 0.3) is 11.1 Å². The zero-order valence-electron chi connectivity index (χ0n) is 13.4. The van der Waals surface area contributed by atoms with Crippen molar-refractivity contribution in [1.82, 2.24) is 4.90 Å². The maximum atomic E-state index is 9.10. The van der Waals surface area contributed by atoms with Crippen molar-refractivity contribution in [3.8, 4) is 22.6 Å². The molecule has 0 radical (unpaired) electrons. The van der Waals surface area contributed by atoms with E-state index >= 15 is 0 Å². The summed E-state index contributed by atoms with van der Waals surface area (Å²) in [6.45, 7) is 2.96. The van der Waals surface area contributed by atoms with E-state index in [1.807, 2.05) is 25.2 Å². The quantitative estimate of drug-likeness (QED) is 0.916. The summed E-state index contributed by atoms with van der Waals surface area (Å²) in [6, 6.07) is 14.6. The second-order valence-corrected chi connectivity index (χ2v) is 5.68. The van der Waals surface area contributed by atoms with Crippen LogP contribution in [0.5, 0.6) is 11.5 Å². The Balaban J connectivity index is 1.88. The van der Waals surface area contributed by atoms with E-state index in [0.29, 0.717) is 6.54 Å². The van der Waals surface area contributed by atoms with E-state index in [9.17, 15) is 0 Å². The fourth-order valence-corrected chi connectivity index (χ4v) is 2.66. The molecule has 120 valence electrons. The summed E-state index contributed by atoms with van der Waals surface area (Å²) in [5.41, 5.74) is 3.43. The summed E-state index contributed by atoms with van der Waals surface area (Å²) in [4.78, 5) is 2.13. The molecule has 0 bridgehead atoms. The topological polar surface area (TPSA) is 41.9 Å². The van der Waals surface area contributed by atoms with E-state index in [0.717, 1.165) is 22.6 Å². The first-order chi connectivity index (χ1) is 11.2. The molecule has 0 aromatic heterocycles. The molecule has 4 nitrogen and oxygen atoms in total. The summed E-state index contributed by atoms with van der Waals surface area (Å²) in [6.07, 6.45) is 3.07. The van der Waals surface area contributed by atoms with E-state index in [1.54, 1.807) is 0 Å². The molecule has 0 saturated heterocycles. The largest absolute Gasteiger partial charge is 0.458 e. The normalized spacial score (nSPS) is 14.1. The van der Waals surface area contributed by atoms with Crippen molar-refractivity contribution in [3.63, 3.8) is 0 Å². The van der Waals surface area contributed by atoms with Crippen LogP contribution in [0.3, 0.4) is 0 Å².